The first-order chi connectivity index (χ1) is 13.6. The van der Waals surface area contributed by atoms with Crippen LogP contribution in [0.15, 0.2) is 42.6 Å². The minimum Gasteiger partial charge on any atom is -0.391 e. The van der Waals surface area contributed by atoms with Crippen molar-refractivity contribution in [2.75, 3.05) is 26.2 Å². The number of pyridine rings is 1. The Labute approximate surface area is 164 Å². The summed E-state index contributed by atoms with van der Waals surface area (Å²) in [5, 5.41) is 9.68. The molecule has 2 aromatic rings. The third-order valence-electron chi connectivity index (χ3n) is 5.51. The van der Waals surface area contributed by atoms with E-state index in [1.165, 1.54) is 6.42 Å². The zero-order chi connectivity index (χ0) is 19.5. The van der Waals surface area contributed by atoms with Gasteiger partial charge < -0.3 is 14.9 Å². The Morgan fingerprint density at radius 3 is 2.43 bits per heavy atom. The van der Waals surface area contributed by atoms with Crippen LogP contribution in [0, 0.1) is 0 Å². The molecule has 2 amide bonds. The van der Waals surface area contributed by atoms with Crippen LogP contribution in [0.25, 0.3) is 11.3 Å². The summed E-state index contributed by atoms with van der Waals surface area (Å²) in [6, 6.07) is 10.9. The molecule has 1 aromatic heterocycles. The molecule has 1 atom stereocenters. The predicted octanol–water partition coefficient (Wildman–Crippen LogP) is 2.58. The van der Waals surface area contributed by atoms with E-state index in [9.17, 15) is 14.7 Å². The number of likely N-dealkylation sites (tertiary alicyclic amines) is 2. The third kappa shape index (κ3) is 3.92. The highest BCUT2D eigenvalue weighted by Gasteiger charge is 2.25. The molecule has 4 rings (SSSR count). The zero-order valence-corrected chi connectivity index (χ0v) is 15.9. The average Bonchev–Trinajstić information content (AvgIpc) is 3.20. The topological polar surface area (TPSA) is 73.7 Å². The summed E-state index contributed by atoms with van der Waals surface area (Å²) < 4.78 is 0. The second-order valence-corrected chi connectivity index (χ2v) is 7.56. The van der Waals surface area contributed by atoms with E-state index in [2.05, 4.69) is 4.98 Å². The molecule has 1 unspecified atom stereocenters. The largest absolute Gasteiger partial charge is 0.391 e. The van der Waals surface area contributed by atoms with Crippen molar-refractivity contribution in [2.45, 2.75) is 31.8 Å². The average molecular weight is 379 g/mol. The van der Waals surface area contributed by atoms with Crippen molar-refractivity contribution < 1.29 is 14.7 Å². The SMILES string of the molecule is O=C(c1ccnc(-c2cccc(C(=O)N3CCC(O)C3)c2)c1)N1CCCCC1. The van der Waals surface area contributed by atoms with Gasteiger partial charge in [0.05, 0.1) is 11.8 Å². The number of piperidine rings is 1. The van der Waals surface area contributed by atoms with Gasteiger partial charge in [-0.15, -0.1) is 0 Å². The van der Waals surface area contributed by atoms with E-state index in [1.807, 2.05) is 23.1 Å². The fraction of sp³-hybridized carbons (Fsp3) is 0.409. The molecule has 6 heteroatoms. The van der Waals surface area contributed by atoms with Gasteiger partial charge in [0, 0.05) is 49.1 Å². The van der Waals surface area contributed by atoms with Gasteiger partial charge in [0.1, 0.15) is 0 Å². The molecule has 28 heavy (non-hydrogen) atoms. The number of carbonyl (C=O) groups is 2. The minimum atomic E-state index is -0.439. The molecule has 0 bridgehead atoms. The summed E-state index contributed by atoms with van der Waals surface area (Å²) in [6.45, 7) is 2.56. The molecule has 0 spiro atoms. The Bertz CT molecular complexity index is 819. The Morgan fingerprint density at radius 2 is 1.68 bits per heavy atom. The number of rotatable bonds is 3. The quantitative estimate of drug-likeness (QED) is 0.890. The van der Waals surface area contributed by atoms with Gasteiger partial charge in [-0.25, -0.2) is 0 Å². The van der Waals surface area contributed by atoms with Gasteiger partial charge in [0.2, 0.25) is 0 Å². The number of aromatic nitrogens is 1. The van der Waals surface area contributed by atoms with Crippen LogP contribution in [-0.2, 0) is 0 Å². The van der Waals surface area contributed by atoms with Crippen molar-refractivity contribution >= 4 is 11.8 Å². The molecule has 6 nitrogen and oxygen atoms in total. The van der Waals surface area contributed by atoms with Crippen LogP contribution in [0.4, 0.5) is 0 Å². The highest BCUT2D eigenvalue weighted by molar-refractivity contribution is 5.97. The third-order valence-corrected chi connectivity index (χ3v) is 5.51. The number of amides is 2. The standard InChI is InChI=1S/C22H25N3O3/c26-19-8-12-25(15-19)22(28)17-6-4-5-16(13-17)20-14-18(7-9-23-20)21(27)24-10-2-1-3-11-24/h4-7,9,13-14,19,26H,1-3,8,10-12,15H2. The van der Waals surface area contributed by atoms with Crippen molar-refractivity contribution in [1.82, 2.24) is 14.8 Å². The lowest BCUT2D eigenvalue weighted by molar-refractivity contribution is 0.0723. The first-order valence-electron chi connectivity index (χ1n) is 9.95. The van der Waals surface area contributed by atoms with E-state index in [0.717, 1.165) is 31.5 Å². The fourth-order valence-electron chi connectivity index (χ4n) is 3.92. The highest BCUT2D eigenvalue weighted by atomic mass is 16.3. The molecule has 3 heterocycles. The van der Waals surface area contributed by atoms with E-state index < -0.39 is 6.10 Å². The van der Waals surface area contributed by atoms with Gasteiger partial charge in [0.25, 0.3) is 11.8 Å². The van der Waals surface area contributed by atoms with Gasteiger partial charge in [-0.05, 0) is 49.9 Å². The lowest BCUT2D eigenvalue weighted by Crippen LogP contribution is -2.35. The lowest BCUT2D eigenvalue weighted by atomic mass is 10.0. The molecule has 0 saturated carbocycles. The van der Waals surface area contributed by atoms with Gasteiger partial charge in [0.15, 0.2) is 0 Å². The van der Waals surface area contributed by atoms with Gasteiger partial charge in [-0.3, -0.25) is 14.6 Å². The van der Waals surface area contributed by atoms with Gasteiger partial charge in [-0.1, -0.05) is 12.1 Å². The van der Waals surface area contributed by atoms with Crippen LogP contribution in [0.1, 0.15) is 46.4 Å². The van der Waals surface area contributed by atoms with Crippen molar-refractivity contribution in [2.24, 2.45) is 0 Å². The maximum Gasteiger partial charge on any atom is 0.253 e. The number of benzene rings is 1. The van der Waals surface area contributed by atoms with Crippen LogP contribution in [0.3, 0.4) is 0 Å². The van der Waals surface area contributed by atoms with Crippen LogP contribution in [0.2, 0.25) is 0 Å². The van der Waals surface area contributed by atoms with Crippen LogP contribution >= 0.6 is 0 Å². The highest BCUT2D eigenvalue weighted by Crippen LogP contribution is 2.22. The summed E-state index contributed by atoms with van der Waals surface area (Å²) in [4.78, 5) is 33.5. The number of hydrogen-bond acceptors (Lipinski definition) is 4. The van der Waals surface area contributed by atoms with E-state index >= 15 is 0 Å². The Kier molecular flexibility index (Phi) is 5.39. The summed E-state index contributed by atoms with van der Waals surface area (Å²) in [5.41, 5.74) is 2.69. The Hall–Kier alpha value is -2.73. The number of aliphatic hydroxyl groups excluding tert-OH is 1. The van der Waals surface area contributed by atoms with E-state index in [0.29, 0.717) is 36.3 Å². The Balaban J connectivity index is 1.56. The van der Waals surface area contributed by atoms with E-state index in [-0.39, 0.29) is 11.8 Å². The molecule has 1 aromatic carbocycles. The second-order valence-electron chi connectivity index (χ2n) is 7.56. The summed E-state index contributed by atoms with van der Waals surface area (Å²) >= 11 is 0. The first-order valence-corrected chi connectivity index (χ1v) is 9.95. The molecule has 1 N–H and O–H groups in total. The normalized spacial score (nSPS) is 19.7. The fourth-order valence-corrected chi connectivity index (χ4v) is 3.92. The molecule has 2 aliphatic rings. The number of hydrogen-bond donors (Lipinski definition) is 1. The van der Waals surface area contributed by atoms with Crippen LogP contribution in [0.5, 0.6) is 0 Å². The number of carbonyl (C=O) groups excluding carboxylic acids is 2. The minimum absolute atomic E-state index is 0.0432. The number of β-amino-alcohol motifs (C(OH)–C–C–N with tert-alkyl or cyclic N) is 1. The van der Waals surface area contributed by atoms with Crippen LogP contribution < -0.4 is 0 Å². The van der Waals surface area contributed by atoms with Crippen molar-refractivity contribution in [3.05, 3.63) is 53.7 Å². The predicted molar refractivity (Wildman–Crippen MR) is 106 cm³/mol. The molecule has 2 saturated heterocycles. The van der Waals surface area contributed by atoms with E-state index in [1.54, 1.807) is 29.3 Å². The van der Waals surface area contributed by atoms with Crippen molar-refractivity contribution in [3.8, 4) is 11.3 Å². The van der Waals surface area contributed by atoms with E-state index in [4.69, 9.17) is 0 Å². The molecule has 2 aliphatic heterocycles. The second kappa shape index (κ2) is 8.10. The van der Waals surface area contributed by atoms with Crippen molar-refractivity contribution in [1.29, 1.82) is 0 Å². The molecule has 146 valence electrons. The maximum absolute atomic E-state index is 12.8. The van der Waals surface area contributed by atoms with Crippen LogP contribution in [-0.4, -0.2) is 64.0 Å². The molecule has 0 radical (unpaired) electrons. The summed E-state index contributed by atoms with van der Waals surface area (Å²) in [5.74, 6) is -0.0411. The molecular weight excluding hydrogens is 354 g/mol. The number of nitrogens with zero attached hydrogens (tertiary/aromatic N) is 3. The van der Waals surface area contributed by atoms with Gasteiger partial charge >= 0.3 is 0 Å². The molecular formula is C22H25N3O3. The first kappa shape index (κ1) is 18.6. The number of aliphatic hydroxyl groups is 1. The van der Waals surface area contributed by atoms with Crippen molar-refractivity contribution in [3.63, 3.8) is 0 Å². The smallest absolute Gasteiger partial charge is 0.253 e. The summed E-state index contributed by atoms with van der Waals surface area (Å²) in [7, 11) is 0. The van der Waals surface area contributed by atoms with Gasteiger partial charge in [-0.2, -0.15) is 0 Å². The molecule has 0 aliphatic carbocycles. The monoisotopic (exact) mass is 379 g/mol. The maximum atomic E-state index is 12.8. The molecule has 2 fully saturated rings. The zero-order valence-electron chi connectivity index (χ0n) is 15.9. The Morgan fingerprint density at radius 1 is 0.929 bits per heavy atom. The lowest BCUT2D eigenvalue weighted by Gasteiger charge is -2.26. The summed E-state index contributed by atoms with van der Waals surface area (Å²) in [6.07, 6.45) is 5.12.